The summed E-state index contributed by atoms with van der Waals surface area (Å²) in [5.74, 6) is 0.732. The molecule has 0 radical (unpaired) electrons. The van der Waals surface area contributed by atoms with Crippen LogP contribution in [0, 0.1) is 0 Å². The fourth-order valence-electron chi connectivity index (χ4n) is 8.26. The van der Waals surface area contributed by atoms with Crippen LogP contribution in [-0.2, 0) is 26.1 Å². The molecular formula is C27H38N2O5. The molecular weight excluding hydrogens is 432 g/mol. The Kier molecular flexibility index (Phi) is 4.88. The van der Waals surface area contributed by atoms with Crippen LogP contribution in [0.3, 0.4) is 0 Å². The van der Waals surface area contributed by atoms with Gasteiger partial charge in [-0.1, -0.05) is 6.07 Å². The van der Waals surface area contributed by atoms with Crippen molar-refractivity contribution in [2.24, 2.45) is 0 Å². The summed E-state index contributed by atoms with van der Waals surface area (Å²) in [4.78, 5) is 18.0. The largest absolute Gasteiger partial charge is 0.504 e. The van der Waals surface area contributed by atoms with Gasteiger partial charge in [0.25, 0.3) is 0 Å². The first-order valence-electron chi connectivity index (χ1n) is 12.9. The molecule has 2 saturated heterocycles. The molecule has 1 N–H and O–H groups in total. The quantitative estimate of drug-likeness (QED) is 0.681. The van der Waals surface area contributed by atoms with Crippen molar-refractivity contribution >= 4 is 5.97 Å². The average molecular weight is 471 g/mol. The minimum absolute atomic E-state index is 0.0742. The second-order valence-corrected chi connectivity index (χ2v) is 12.0. The zero-order valence-corrected chi connectivity index (χ0v) is 21.1. The molecule has 3 aliphatic heterocycles. The molecule has 3 heterocycles. The number of aromatic hydroxyl groups is 1. The van der Waals surface area contributed by atoms with Crippen molar-refractivity contribution < 1.29 is 24.1 Å². The van der Waals surface area contributed by atoms with E-state index in [4.69, 9.17) is 14.2 Å². The summed E-state index contributed by atoms with van der Waals surface area (Å²) in [5.41, 5.74) is 1.23. The number of rotatable bonds is 3. The Morgan fingerprint density at radius 1 is 1.21 bits per heavy atom. The maximum atomic E-state index is 13.2. The second-order valence-electron chi connectivity index (χ2n) is 12.0. The highest BCUT2D eigenvalue weighted by atomic mass is 16.6. The molecule has 6 atom stereocenters. The highest BCUT2D eigenvalue weighted by Crippen LogP contribution is 2.66. The van der Waals surface area contributed by atoms with Gasteiger partial charge < -0.3 is 24.2 Å². The number of likely N-dealkylation sites (tertiary alicyclic amines) is 2. The van der Waals surface area contributed by atoms with Gasteiger partial charge in [0.05, 0.1) is 11.0 Å². The van der Waals surface area contributed by atoms with Crippen molar-refractivity contribution in [3.8, 4) is 11.5 Å². The van der Waals surface area contributed by atoms with Gasteiger partial charge in [0.1, 0.15) is 17.7 Å². The number of carbonyl (C=O) groups is 1. The number of phenolic OH excluding ortho intramolecular Hbond substituents is 1. The summed E-state index contributed by atoms with van der Waals surface area (Å²) in [5, 5.41) is 10.9. The standard InChI is InChI=1S/C27H38N2O5/c1-25(2,3)34-24(31)18-7-6-13-29(18)17-10-11-27(32-5)20-15-16-8-9-19(30)22-21(16)26(27,23(17)33-22)12-14-28(20)4/h8-9,17-18,20,23,30H,6-7,10-15H2,1-5H3/t17?,18-,20+,23?,26-,27+/m0/s1. The third-order valence-electron chi connectivity index (χ3n) is 9.42. The molecule has 1 aromatic carbocycles. The predicted octanol–water partition coefficient (Wildman–Crippen LogP) is 3.00. The van der Waals surface area contributed by atoms with Crippen LogP contribution in [0.5, 0.6) is 11.5 Å². The number of carbonyl (C=O) groups excluding carboxylic acids is 1. The fraction of sp³-hybridized carbons (Fsp3) is 0.741. The minimum atomic E-state index is -0.507. The molecule has 6 rings (SSSR count). The van der Waals surface area contributed by atoms with E-state index in [9.17, 15) is 9.90 Å². The molecule has 0 amide bonds. The molecule has 2 unspecified atom stereocenters. The lowest BCUT2D eigenvalue weighted by Gasteiger charge is -2.66. The number of phenols is 1. The van der Waals surface area contributed by atoms with E-state index in [1.807, 2.05) is 27.9 Å². The highest BCUT2D eigenvalue weighted by molar-refractivity contribution is 5.76. The van der Waals surface area contributed by atoms with E-state index in [-0.39, 0.29) is 47.0 Å². The third kappa shape index (κ3) is 2.78. The van der Waals surface area contributed by atoms with Crippen molar-refractivity contribution in [2.45, 2.75) is 100 Å². The Balaban J connectivity index is 1.45. The van der Waals surface area contributed by atoms with Crippen molar-refractivity contribution in [1.29, 1.82) is 0 Å². The zero-order valence-electron chi connectivity index (χ0n) is 21.1. The van der Waals surface area contributed by atoms with E-state index in [2.05, 4.69) is 22.9 Å². The number of nitrogens with zero attached hydrogens (tertiary/aromatic N) is 2. The van der Waals surface area contributed by atoms with Crippen LogP contribution in [0.4, 0.5) is 0 Å². The van der Waals surface area contributed by atoms with E-state index >= 15 is 0 Å². The Morgan fingerprint density at radius 3 is 2.74 bits per heavy atom. The maximum Gasteiger partial charge on any atom is 0.323 e. The predicted molar refractivity (Wildman–Crippen MR) is 127 cm³/mol. The van der Waals surface area contributed by atoms with E-state index in [0.717, 1.165) is 51.6 Å². The molecule has 7 nitrogen and oxygen atoms in total. The van der Waals surface area contributed by atoms with Gasteiger partial charge in [-0.15, -0.1) is 0 Å². The third-order valence-corrected chi connectivity index (χ3v) is 9.42. The number of piperidine rings is 1. The smallest absolute Gasteiger partial charge is 0.323 e. The van der Waals surface area contributed by atoms with E-state index in [0.29, 0.717) is 5.75 Å². The Hall–Kier alpha value is -1.83. The van der Waals surface area contributed by atoms with Gasteiger partial charge in [0.15, 0.2) is 11.5 Å². The number of benzene rings is 1. The fourth-order valence-corrected chi connectivity index (χ4v) is 8.26. The summed E-state index contributed by atoms with van der Waals surface area (Å²) in [7, 11) is 4.07. The molecule has 5 aliphatic rings. The van der Waals surface area contributed by atoms with Gasteiger partial charge in [-0.3, -0.25) is 9.69 Å². The molecule has 186 valence electrons. The summed E-state index contributed by atoms with van der Waals surface area (Å²) in [6.45, 7) is 7.62. The summed E-state index contributed by atoms with van der Waals surface area (Å²) in [6.07, 6.45) is 5.26. The van der Waals surface area contributed by atoms with Crippen LogP contribution >= 0.6 is 0 Å². The van der Waals surface area contributed by atoms with Crippen LogP contribution in [0.1, 0.15) is 64.0 Å². The molecule has 7 heteroatoms. The number of hydrogen-bond acceptors (Lipinski definition) is 7. The molecule has 0 aromatic heterocycles. The molecule has 1 aromatic rings. The molecule has 1 saturated carbocycles. The van der Waals surface area contributed by atoms with Crippen molar-refractivity contribution in [3.63, 3.8) is 0 Å². The monoisotopic (exact) mass is 470 g/mol. The van der Waals surface area contributed by atoms with Gasteiger partial charge in [0.2, 0.25) is 0 Å². The number of methoxy groups -OCH3 is 1. The van der Waals surface area contributed by atoms with Crippen molar-refractivity contribution in [1.82, 2.24) is 9.80 Å². The lowest BCUT2D eigenvalue weighted by Crippen LogP contribution is -2.78. The molecule has 3 fully saturated rings. The summed E-state index contributed by atoms with van der Waals surface area (Å²) >= 11 is 0. The highest BCUT2D eigenvalue weighted by Gasteiger charge is 2.74. The number of hydrogen-bond donors (Lipinski definition) is 1. The summed E-state index contributed by atoms with van der Waals surface area (Å²) in [6, 6.07) is 3.95. The first kappa shape index (κ1) is 22.6. The topological polar surface area (TPSA) is 71.5 Å². The van der Waals surface area contributed by atoms with Crippen LogP contribution in [0.15, 0.2) is 12.1 Å². The van der Waals surface area contributed by atoms with E-state index in [1.54, 1.807) is 6.07 Å². The Bertz CT molecular complexity index is 1020. The van der Waals surface area contributed by atoms with Crippen LogP contribution < -0.4 is 4.74 Å². The van der Waals surface area contributed by atoms with Crippen LogP contribution in [0.25, 0.3) is 0 Å². The number of esters is 1. The summed E-state index contributed by atoms with van der Waals surface area (Å²) < 4.78 is 19.2. The van der Waals surface area contributed by atoms with E-state index < -0.39 is 5.60 Å². The first-order chi connectivity index (χ1) is 16.1. The van der Waals surface area contributed by atoms with Crippen molar-refractivity contribution in [2.75, 3.05) is 27.2 Å². The number of likely N-dealkylation sites (N-methyl/N-ethyl adjacent to an activating group) is 1. The van der Waals surface area contributed by atoms with Gasteiger partial charge >= 0.3 is 5.97 Å². The van der Waals surface area contributed by atoms with Gasteiger partial charge in [-0.25, -0.2) is 0 Å². The maximum absolute atomic E-state index is 13.2. The lowest BCUT2D eigenvalue weighted by atomic mass is 9.48. The SMILES string of the molecule is CO[C@@]12CCC(N3CCC[C@H]3C(=O)OC(C)(C)C)C3Oc4c(O)ccc5c4[C@@]31CCN(C)[C@@H]2C5. The Labute approximate surface area is 202 Å². The second kappa shape index (κ2) is 7.34. The van der Waals surface area contributed by atoms with Gasteiger partial charge in [-0.2, -0.15) is 0 Å². The first-order valence-corrected chi connectivity index (χ1v) is 12.9. The lowest BCUT2D eigenvalue weighted by molar-refractivity contribution is -0.213. The molecule has 2 aliphatic carbocycles. The molecule has 2 bridgehead atoms. The van der Waals surface area contributed by atoms with Crippen molar-refractivity contribution in [3.05, 3.63) is 23.3 Å². The van der Waals surface area contributed by atoms with Gasteiger partial charge in [0, 0.05) is 24.8 Å². The zero-order chi connectivity index (χ0) is 24.0. The molecule has 1 spiro atoms. The minimum Gasteiger partial charge on any atom is -0.504 e. The van der Waals surface area contributed by atoms with Gasteiger partial charge in [-0.05, 0) is 91.1 Å². The van der Waals surface area contributed by atoms with E-state index in [1.165, 1.54) is 11.1 Å². The van der Waals surface area contributed by atoms with Crippen LogP contribution in [0.2, 0.25) is 0 Å². The Morgan fingerprint density at radius 2 is 2.00 bits per heavy atom. The molecule has 34 heavy (non-hydrogen) atoms. The van der Waals surface area contributed by atoms with Crippen LogP contribution in [-0.4, -0.2) is 83.6 Å². The number of ether oxygens (including phenoxy) is 3. The average Bonchev–Trinajstić information content (AvgIpc) is 3.39. The normalized spacial score (nSPS) is 39.0.